The van der Waals surface area contributed by atoms with E-state index in [2.05, 4.69) is 82.3 Å². The van der Waals surface area contributed by atoms with Crippen LogP contribution in [-0.4, -0.2) is 26.2 Å². The quantitative estimate of drug-likeness (QED) is 0.423. The maximum atomic E-state index is 4.45. The lowest BCUT2D eigenvalue weighted by Crippen LogP contribution is -1.89. The van der Waals surface area contributed by atoms with Crippen molar-refractivity contribution in [3.63, 3.8) is 0 Å². The highest BCUT2D eigenvalue weighted by Gasteiger charge is 2.07. The van der Waals surface area contributed by atoms with Gasteiger partial charge < -0.3 is 9.97 Å². The summed E-state index contributed by atoms with van der Waals surface area (Å²) in [4.78, 5) is 15.5. The fourth-order valence-electron chi connectivity index (χ4n) is 3.01. The molecule has 0 saturated heterocycles. The summed E-state index contributed by atoms with van der Waals surface area (Å²) in [6, 6.07) is 17.1. The van der Waals surface area contributed by atoms with E-state index in [1.54, 1.807) is 11.8 Å². The highest BCUT2D eigenvalue weighted by Crippen LogP contribution is 2.27. The zero-order valence-electron chi connectivity index (χ0n) is 15.7. The summed E-state index contributed by atoms with van der Waals surface area (Å²) in [5.74, 6) is 1.42. The van der Waals surface area contributed by atoms with Gasteiger partial charge in [0.25, 0.3) is 0 Å². The van der Waals surface area contributed by atoms with E-state index < -0.39 is 0 Å². The second-order valence-electron chi connectivity index (χ2n) is 6.80. The Morgan fingerprint density at radius 3 is 1.63 bits per heavy atom. The molecule has 0 fully saturated rings. The third kappa shape index (κ3) is 3.69. The molecule has 2 aromatic heterocycles. The Kier molecular flexibility index (Phi) is 4.86. The van der Waals surface area contributed by atoms with Crippen molar-refractivity contribution in [1.29, 1.82) is 0 Å². The van der Waals surface area contributed by atoms with Gasteiger partial charge in [0.1, 0.15) is 5.82 Å². The van der Waals surface area contributed by atoms with E-state index in [1.165, 1.54) is 11.1 Å². The van der Waals surface area contributed by atoms with E-state index in [9.17, 15) is 0 Å². The number of H-pyrrole nitrogens is 2. The van der Waals surface area contributed by atoms with Crippen molar-refractivity contribution < 1.29 is 0 Å². The summed E-state index contributed by atoms with van der Waals surface area (Å²) in [7, 11) is 0. The lowest BCUT2D eigenvalue weighted by Gasteiger charge is -2.05. The van der Waals surface area contributed by atoms with Crippen molar-refractivity contribution in [2.75, 3.05) is 6.26 Å². The molecule has 0 unspecified atom stereocenters. The molecule has 0 aliphatic rings. The number of rotatable bonds is 5. The van der Waals surface area contributed by atoms with Gasteiger partial charge >= 0.3 is 0 Å². The molecule has 4 aromatic rings. The first kappa shape index (κ1) is 17.6. The number of aromatic nitrogens is 4. The van der Waals surface area contributed by atoms with Crippen LogP contribution in [0.3, 0.4) is 0 Å². The van der Waals surface area contributed by atoms with Crippen LogP contribution in [-0.2, 0) is 0 Å². The first-order valence-electron chi connectivity index (χ1n) is 8.99. The molecule has 2 heterocycles. The van der Waals surface area contributed by atoms with Gasteiger partial charge in [-0.1, -0.05) is 74.1 Å². The summed E-state index contributed by atoms with van der Waals surface area (Å²) in [5.41, 5.74) is 6.79. The molecule has 0 bridgehead atoms. The molecule has 2 N–H and O–H groups in total. The molecule has 0 aliphatic carbocycles. The van der Waals surface area contributed by atoms with Gasteiger partial charge in [-0.2, -0.15) is 0 Å². The van der Waals surface area contributed by atoms with E-state index in [1.807, 2.05) is 18.6 Å². The number of hydrogen-bond donors (Lipinski definition) is 2. The molecular formula is C22H22N4S. The smallest absolute Gasteiger partial charge is 0.165 e. The van der Waals surface area contributed by atoms with Crippen LogP contribution in [0.25, 0.3) is 33.6 Å². The van der Waals surface area contributed by atoms with Gasteiger partial charge in [-0.25, -0.2) is 9.97 Å². The normalized spacial score (nSPS) is 11.3. The van der Waals surface area contributed by atoms with E-state index in [4.69, 9.17) is 0 Å². The van der Waals surface area contributed by atoms with Crippen molar-refractivity contribution in [3.05, 3.63) is 66.7 Å². The second kappa shape index (κ2) is 7.45. The molecule has 4 nitrogen and oxygen atoms in total. The first-order valence-corrected chi connectivity index (χ1v) is 10.2. The van der Waals surface area contributed by atoms with Crippen LogP contribution in [0.5, 0.6) is 0 Å². The molecule has 0 radical (unpaired) electrons. The zero-order chi connectivity index (χ0) is 18.8. The molecule has 4 rings (SSSR count). The number of nitrogens with zero attached hydrogens (tertiary/aromatic N) is 2. The lowest BCUT2D eigenvalue weighted by atomic mass is 10.0. The van der Waals surface area contributed by atoms with Gasteiger partial charge in [-0.05, 0) is 28.5 Å². The van der Waals surface area contributed by atoms with E-state index in [-0.39, 0.29) is 0 Å². The summed E-state index contributed by atoms with van der Waals surface area (Å²) in [6.45, 7) is 4.28. The average Bonchev–Trinajstić information content (AvgIpc) is 3.38. The monoisotopic (exact) mass is 374 g/mol. The van der Waals surface area contributed by atoms with Gasteiger partial charge in [0.2, 0.25) is 0 Å². The lowest BCUT2D eigenvalue weighted by molar-refractivity contribution is 0.795. The molecule has 5 heteroatoms. The molecule has 0 aliphatic heterocycles. The van der Waals surface area contributed by atoms with E-state index >= 15 is 0 Å². The minimum atomic E-state index is 0.401. The number of imidazole rings is 2. The second-order valence-corrected chi connectivity index (χ2v) is 7.59. The predicted molar refractivity (Wildman–Crippen MR) is 113 cm³/mol. The highest BCUT2D eigenvalue weighted by atomic mass is 32.2. The summed E-state index contributed by atoms with van der Waals surface area (Å²) in [6.07, 6.45) is 5.81. The number of hydrogen-bond acceptors (Lipinski definition) is 3. The summed E-state index contributed by atoms with van der Waals surface area (Å²) >= 11 is 1.61. The van der Waals surface area contributed by atoms with Gasteiger partial charge in [-0.3, -0.25) is 0 Å². The molecular weight excluding hydrogens is 352 g/mol. The van der Waals surface area contributed by atoms with E-state index in [0.717, 1.165) is 33.5 Å². The summed E-state index contributed by atoms with van der Waals surface area (Å²) < 4.78 is 0. The average molecular weight is 375 g/mol. The van der Waals surface area contributed by atoms with Crippen LogP contribution < -0.4 is 0 Å². The maximum absolute atomic E-state index is 4.45. The van der Waals surface area contributed by atoms with Crippen molar-refractivity contribution in [2.24, 2.45) is 0 Å². The SMILES string of the molecule is CSc1ncc(-c2ccc(-c3ccc(-c4cnc(C(C)C)[nH]4)cc3)cc2)[nH]1. The topological polar surface area (TPSA) is 57.4 Å². The predicted octanol–water partition coefficient (Wildman–Crippen LogP) is 5.98. The Labute approximate surface area is 163 Å². The minimum Gasteiger partial charge on any atom is -0.342 e. The molecule has 0 amide bonds. The van der Waals surface area contributed by atoms with Crippen LogP contribution >= 0.6 is 11.8 Å². The Balaban J connectivity index is 1.54. The largest absolute Gasteiger partial charge is 0.342 e. The fraction of sp³-hybridized carbons (Fsp3) is 0.182. The zero-order valence-corrected chi connectivity index (χ0v) is 16.5. The van der Waals surface area contributed by atoms with Crippen molar-refractivity contribution in [2.45, 2.75) is 24.9 Å². The molecule has 27 heavy (non-hydrogen) atoms. The molecule has 0 spiro atoms. The molecule has 0 saturated carbocycles. The van der Waals surface area contributed by atoms with Crippen molar-refractivity contribution in [3.8, 4) is 33.6 Å². The van der Waals surface area contributed by atoms with Gasteiger partial charge in [-0.15, -0.1) is 0 Å². The molecule has 136 valence electrons. The van der Waals surface area contributed by atoms with Gasteiger partial charge in [0, 0.05) is 5.92 Å². The number of aromatic amines is 2. The molecule has 0 atom stereocenters. The Bertz CT molecular complexity index is 1030. The van der Waals surface area contributed by atoms with Crippen LogP contribution in [0.2, 0.25) is 0 Å². The van der Waals surface area contributed by atoms with Crippen LogP contribution in [0, 0.1) is 0 Å². The number of benzene rings is 2. The highest BCUT2D eigenvalue weighted by molar-refractivity contribution is 7.98. The first-order chi connectivity index (χ1) is 13.1. The Morgan fingerprint density at radius 1 is 0.704 bits per heavy atom. The number of nitrogens with one attached hydrogen (secondary N) is 2. The van der Waals surface area contributed by atoms with E-state index in [0.29, 0.717) is 5.92 Å². The third-order valence-electron chi connectivity index (χ3n) is 4.61. The van der Waals surface area contributed by atoms with Crippen LogP contribution in [0.15, 0.2) is 66.1 Å². The Morgan fingerprint density at radius 2 is 1.19 bits per heavy atom. The van der Waals surface area contributed by atoms with Gasteiger partial charge in [0.05, 0.1) is 23.8 Å². The van der Waals surface area contributed by atoms with Crippen molar-refractivity contribution in [1.82, 2.24) is 19.9 Å². The minimum absolute atomic E-state index is 0.401. The third-order valence-corrected chi connectivity index (χ3v) is 5.21. The van der Waals surface area contributed by atoms with Crippen LogP contribution in [0.1, 0.15) is 25.6 Å². The van der Waals surface area contributed by atoms with Crippen LogP contribution in [0.4, 0.5) is 0 Å². The molecule has 2 aromatic carbocycles. The van der Waals surface area contributed by atoms with Crippen molar-refractivity contribution >= 4 is 11.8 Å². The summed E-state index contributed by atoms with van der Waals surface area (Å²) in [5, 5.41) is 0.934. The maximum Gasteiger partial charge on any atom is 0.165 e. The Hall–Kier alpha value is -2.79. The fourth-order valence-corrected chi connectivity index (χ4v) is 3.38. The standard InChI is InChI=1S/C22H22N4S/c1-14(2)21-23-12-19(25-21)17-8-4-15(5-9-17)16-6-10-18(11-7-16)20-13-24-22(26-20)27-3/h4-14H,1-3H3,(H,23,25)(H,24,26). The van der Waals surface area contributed by atoms with Gasteiger partial charge in [0.15, 0.2) is 5.16 Å². The number of thioether (sulfide) groups is 1.